The Hall–Kier alpha value is -3.56. The molecule has 10 heteroatoms. The Bertz CT molecular complexity index is 978. The Morgan fingerprint density at radius 2 is 1.77 bits per heavy atom. The monoisotopic (exact) mass is 429 g/mol. The standard InChI is InChI=1S/C21H27N5O5/c1-13(27)25-7-5-18-17(12-25)19(21(29)22-2)24-26(18)8-6-23-20(28)14-9-15(30-3)11-16(10-14)31-4/h9-11H,5-8,12H2,1-4H3,(H,22,29)(H,23,28). The van der Waals surface area contributed by atoms with E-state index in [1.165, 1.54) is 21.1 Å². The van der Waals surface area contributed by atoms with Crippen LogP contribution < -0.4 is 20.1 Å². The van der Waals surface area contributed by atoms with E-state index in [4.69, 9.17) is 9.47 Å². The van der Waals surface area contributed by atoms with Gasteiger partial charge in [0.1, 0.15) is 11.5 Å². The van der Waals surface area contributed by atoms with Crippen LogP contribution in [0.25, 0.3) is 0 Å². The van der Waals surface area contributed by atoms with Gasteiger partial charge in [-0.25, -0.2) is 0 Å². The Labute approximate surface area is 180 Å². The van der Waals surface area contributed by atoms with Gasteiger partial charge in [0.15, 0.2) is 5.69 Å². The number of amides is 3. The molecule has 1 aliphatic rings. The van der Waals surface area contributed by atoms with Gasteiger partial charge in [0, 0.05) is 62.9 Å². The van der Waals surface area contributed by atoms with E-state index in [9.17, 15) is 14.4 Å². The molecule has 166 valence electrons. The lowest BCUT2D eigenvalue weighted by Gasteiger charge is -2.26. The molecule has 3 rings (SSSR count). The van der Waals surface area contributed by atoms with E-state index in [1.807, 2.05) is 0 Å². The molecule has 10 nitrogen and oxygen atoms in total. The summed E-state index contributed by atoms with van der Waals surface area (Å²) in [5, 5.41) is 9.91. The molecule has 0 saturated heterocycles. The fourth-order valence-electron chi connectivity index (χ4n) is 3.56. The molecule has 1 aromatic heterocycles. The minimum atomic E-state index is -0.298. The van der Waals surface area contributed by atoms with Crippen LogP contribution in [0.5, 0.6) is 11.5 Å². The number of carbonyl (C=O) groups is 3. The number of fused-ring (bicyclic) bond motifs is 1. The highest BCUT2D eigenvalue weighted by molar-refractivity contribution is 5.95. The predicted molar refractivity (Wildman–Crippen MR) is 112 cm³/mol. The summed E-state index contributed by atoms with van der Waals surface area (Å²) < 4.78 is 12.1. The molecule has 0 radical (unpaired) electrons. The van der Waals surface area contributed by atoms with Gasteiger partial charge in [-0.2, -0.15) is 5.10 Å². The van der Waals surface area contributed by atoms with E-state index in [-0.39, 0.29) is 17.7 Å². The first kappa shape index (κ1) is 22.1. The van der Waals surface area contributed by atoms with E-state index in [0.29, 0.717) is 55.4 Å². The summed E-state index contributed by atoms with van der Waals surface area (Å²) in [5.74, 6) is 0.439. The Balaban J connectivity index is 1.73. The number of benzene rings is 1. The first-order chi connectivity index (χ1) is 14.9. The predicted octanol–water partition coefficient (Wildman–Crippen LogP) is 0.595. The van der Waals surface area contributed by atoms with Crippen molar-refractivity contribution in [1.82, 2.24) is 25.3 Å². The lowest BCUT2D eigenvalue weighted by atomic mass is 10.0. The third kappa shape index (κ3) is 4.79. The molecule has 1 aliphatic heterocycles. The fraction of sp³-hybridized carbons (Fsp3) is 0.429. The van der Waals surface area contributed by atoms with Crippen molar-refractivity contribution >= 4 is 17.7 Å². The fourth-order valence-corrected chi connectivity index (χ4v) is 3.56. The molecule has 0 unspecified atom stereocenters. The smallest absolute Gasteiger partial charge is 0.271 e. The lowest BCUT2D eigenvalue weighted by molar-refractivity contribution is -0.129. The van der Waals surface area contributed by atoms with Crippen molar-refractivity contribution in [3.63, 3.8) is 0 Å². The molecule has 0 atom stereocenters. The molecule has 2 heterocycles. The van der Waals surface area contributed by atoms with Gasteiger partial charge >= 0.3 is 0 Å². The van der Waals surface area contributed by atoms with Gasteiger partial charge in [-0.15, -0.1) is 0 Å². The summed E-state index contributed by atoms with van der Waals surface area (Å²) in [7, 11) is 4.59. The molecule has 1 aromatic carbocycles. The van der Waals surface area contributed by atoms with Crippen molar-refractivity contribution in [3.8, 4) is 11.5 Å². The number of aromatic nitrogens is 2. The topological polar surface area (TPSA) is 115 Å². The summed E-state index contributed by atoms with van der Waals surface area (Å²) in [6.07, 6.45) is 0.597. The molecular weight excluding hydrogens is 402 g/mol. The van der Waals surface area contributed by atoms with Crippen LogP contribution in [0.15, 0.2) is 18.2 Å². The molecule has 2 N–H and O–H groups in total. The second kappa shape index (κ2) is 9.50. The molecule has 0 bridgehead atoms. The van der Waals surface area contributed by atoms with Crippen molar-refractivity contribution in [1.29, 1.82) is 0 Å². The molecule has 0 aliphatic carbocycles. The molecule has 0 saturated carbocycles. The molecule has 2 aromatic rings. The minimum Gasteiger partial charge on any atom is -0.497 e. The average molecular weight is 429 g/mol. The number of nitrogens with zero attached hydrogens (tertiary/aromatic N) is 3. The van der Waals surface area contributed by atoms with E-state index in [2.05, 4.69) is 15.7 Å². The minimum absolute atomic E-state index is 0.0396. The number of nitrogens with one attached hydrogen (secondary N) is 2. The summed E-state index contributed by atoms with van der Waals surface area (Å²) in [6.45, 7) is 3.14. The van der Waals surface area contributed by atoms with Gasteiger partial charge in [0.2, 0.25) is 5.91 Å². The van der Waals surface area contributed by atoms with Gasteiger partial charge < -0.3 is 25.0 Å². The number of ether oxygens (including phenoxy) is 2. The van der Waals surface area contributed by atoms with Crippen molar-refractivity contribution < 1.29 is 23.9 Å². The first-order valence-electron chi connectivity index (χ1n) is 9.95. The van der Waals surface area contributed by atoms with Crippen LogP contribution in [-0.4, -0.2) is 66.8 Å². The third-order valence-corrected chi connectivity index (χ3v) is 5.24. The molecule has 0 fully saturated rings. The van der Waals surface area contributed by atoms with Crippen molar-refractivity contribution in [3.05, 3.63) is 40.7 Å². The van der Waals surface area contributed by atoms with Crippen LogP contribution in [0.4, 0.5) is 0 Å². The van der Waals surface area contributed by atoms with Gasteiger partial charge in [0.05, 0.1) is 20.8 Å². The summed E-state index contributed by atoms with van der Waals surface area (Å²) in [4.78, 5) is 38.3. The van der Waals surface area contributed by atoms with Crippen molar-refractivity contribution in [2.75, 3.05) is 34.4 Å². The second-order valence-electron chi connectivity index (χ2n) is 7.12. The summed E-state index contributed by atoms with van der Waals surface area (Å²) in [6, 6.07) is 4.96. The SMILES string of the molecule is CNC(=O)c1nn(CCNC(=O)c2cc(OC)cc(OC)c2)c2c1CN(C(C)=O)CC2. The van der Waals surface area contributed by atoms with E-state index in [0.717, 1.165) is 11.3 Å². The highest BCUT2D eigenvalue weighted by Gasteiger charge is 2.28. The highest BCUT2D eigenvalue weighted by Crippen LogP contribution is 2.24. The molecule has 3 amide bonds. The largest absolute Gasteiger partial charge is 0.497 e. The van der Waals surface area contributed by atoms with Crippen molar-refractivity contribution in [2.24, 2.45) is 0 Å². The van der Waals surface area contributed by atoms with Gasteiger partial charge in [0.25, 0.3) is 11.8 Å². The molecule has 31 heavy (non-hydrogen) atoms. The first-order valence-corrected chi connectivity index (χ1v) is 9.95. The number of rotatable bonds is 7. The Morgan fingerprint density at radius 3 is 2.35 bits per heavy atom. The summed E-state index contributed by atoms with van der Waals surface area (Å²) in [5.41, 5.74) is 2.40. The van der Waals surface area contributed by atoms with Crippen LogP contribution >= 0.6 is 0 Å². The van der Waals surface area contributed by atoms with E-state index >= 15 is 0 Å². The quantitative estimate of drug-likeness (QED) is 0.666. The molecular formula is C21H27N5O5. The van der Waals surface area contributed by atoms with Gasteiger partial charge in [-0.3, -0.25) is 19.1 Å². The average Bonchev–Trinajstić information content (AvgIpc) is 3.15. The normalized spacial score (nSPS) is 12.7. The van der Waals surface area contributed by atoms with Crippen LogP contribution in [-0.2, 0) is 24.3 Å². The zero-order valence-corrected chi connectivity index (χ0v) is 18.2. The van der Waals surface area contributed by atoms with E-state index in [1.54, 1.807) is 34.8 Å². The zero-order chi connectivity index (χ0) is 22.5. The van der Waals surface area contributed by atoms with Crippen molar-refractivity contribution in [2.45, 2.75) is 26.4 Å². The summed E-state index contributed by atoms with van der Waals surface area (Å²) >= 11 is 0. The third-order valence-electron chi connectivity index (χ3n) is 5.24. The van der Waals surface area contributed by atoms with Crippen LogP contribution in [0.3, 0.4) is 0 Å². The number of hydrogen-bond donors (Lipinski definition) is 2. The number of methoxy groups -OCH3 is 2. The number of hydrogen-bond acceptors (Lipinski definition) is 6. The maximum Gasteiger partial charge on any atom is 0.271 e. The highest BCUT2D eigenvalue weighted by atomic mass is 16.5. The Kier molecular flexibility index (Phi) is 6.78. The maximum absolute atomic E-state index is 12.6. The van der Waals surface area contributed by atoms with Crippen LogP contribution in [0.1, 0.15) is 39.0 Å². The van der Waals surface area contributed by atoms with Crippen LogP contribution in [0, 0.1) is 0 Å². The lowest BCUT2D eigenvalue weighted by Crippen LogP contribution is -2.36. The van der Waals surface area contributed by atoms with Crippen LogP contribution in [0.2, 0.25) is 0 Å². The molecule has 0 spiro atoms. The second-order valence-corrected chi connectivity index (χ2v) is 7.12. The van der Waals surface area contributed by atoms with Gasteiger partial charge in [-0.05, 0) is 12.1 Å². The number of carbonyl (C=O) groups excluding carboxylic acids is 3. The van der Waals surface area contributed by atoms with E-state index < -0.39 is 0 Å². The van der Waals surface area contributed by atoms with Gasteiger partial charge in [-0.1, -0.05) is 0 Å². The zero-order valence-electron chi connectivity index (χ0n) is 18.2. The Morgan fingerprint density at radius 1 is 1.10 bits per heavy atom. The maximum atomic E-state index is 12.6.